The molecule has 1 aromatic heterocycles. The molecule has 2 aliphatic rings. The Morgan fingerprint density at radius 3 is 2.75 bits per heavy atom. The topological polar surface area (TPSA) is 51.5 Å². The molecule has 0 spiro atoms. The fourth-order valence-corrected chi connectivity index (χ4v) is 5.31. The first-order valence-corrected chi connectivity index (χ1v) is 11.4. The molecule has 0 radical (unpaired) electrons. The zero-order chi connectivity index (χ0) is 22.2. The Morgan fingerprint density at radius 2 is 1.97 bits per heavy atom. The first-order chi connectivity index (χ1) is 15.6. The highest BCUT2D eigenvalue weighted by Crippen LogP contribution is 2.40. The predicted octanol–water partition coefficient (Wildman–Crippen LogP) is 4.84. The van der Waals surface area contributed by atoms with Crippen molar-refractivity contribution in [3.8, 4) is 22.4 Å². The molecule has 1 amide bonds. The standard InChI is InChI=1S/C26H25ClN2O3/c1-32-14-12-19-10-6-13-28(19)26(31)21-15-20(17-7-3-2-4-8-17)25(30)29-16-18-9-5-11-22(27)23(18)24(21)29/h2-5,7-9,11,15,19H,6,10,12-14,16H2,1H3. The third-order valence-corrected chi connectivity index (χ3v) is 6.88. The van der Waals surface area contributed by atoms with Crippen molar-refractivity contribution in [3.05, 3.63) is 81.1 Å². The summed E-state index contributed by atoms with van der Waals surface area (Å²) in [5, 5.41) is 0.562. The molecule has 5 rings (SSSR count). The van der Waals surface area contributed by atoms with E-state index in [0.717, 1.165) is 36.0 Å². The van der Waals surface area contributed by atoms with Crippen LogP contribution in [0.1, 0.15) is 35.2 Å². The lowest BCUT2D eigenvalue weighted by atomic mass is 9.98. The van der Waals surface area contributed by atoms with E-state index in [9.17, 15) is 9.59 Å². The number of hydrogen-bond donors (Lipinski definition) is 0. The maximum Gasteiger partial charge on any atom is 0.259 e. The lowest BCUT2D eigenvalue weighted by molar-refractivity contribution is 0.0703. The van der Waals surface area contributed by atoms with E-state index in [1.165, 1.54) is 0 Å². The summed E-state index contributed by atoms with van der Waals surface area (Å²) in [4.78, 5) is 29.4. The van der Waals surface area contributed by atoms with Gasteiger partial charge in [-0.25, -0.2) is 0 Å². The van der Waals surface area contributed by atoms with Gasteiger partial charge >= 0.3 is 0 Å². The van der Waals surface area contributed by atoms with Gasteiger partial charge in [-0.2, -0.15) is 0 Å². The van der Waals surface area contributed by atoms with E-state index in [4.69, 9.17) is 16.3 Å². The molecule has 0 aliphatic carbocycles. The number of nitrogens with zero attached hydrogens (tertiary/aromatic N) is 2. The molecule has 1 fully saturated rings. The van der Waals surface area contributed by atoms with E-state index in [0.29, 0.717) is 41.5 Å². The van der Waals surface area contributed by atoms with E-state index in [1.807, 2.05) is 53.4 Å². The van der Waals surface area contributed by atoms with Crippen molar-refractivity contribution in [3.63, 3.8) is 0 Å². The van der Waals surface area contributed by atoms with Crippen molar-refractivity contribution in [1.29, 1.82) is 0 Å². The molecule has 1 unspecified atom stereocenters. The first kappa shape index (κ1) is 21.0. The van der Waals surface area contributed by atoms with Crippen molar-refractivity contribution in [2.24, 2.45) is 0 Å². The first-order valence-electron chi connectivity index (χ1n) is 11.0. The quantitative estimate of drug-likeness (QED) is 0.439. The number of pyridine rings is 1. The van der Waals surface area contributed by atoms with Gasteiger partial charge in [0.05, 0.1) is 22.8 Å². The number of halogens is 1. The van der Waals surface area contributed by atoms with Crippen LogP contribution in [0, 0.1) is 0 Å². The molecular formula is C26H25ClN2O3. The van der Waals surface area contributed by atoms with Crippen molar-refractivity contribution in [2.75, 3.05) is 20.3 Å². The SMILES string of the molecule is COCCC1CCCN1C(=O)c1cc(-c2ccccc2)c(=O)n2c1-c1c(Cl)cccc1C2. The summed E-state index contributed by atoms with van der Waals surface area (Å²) in [6.07, 6.45) is 2.74. The molecule has 2 aliphatic heterocycles. The van der Waals surface area contributed by atoms with Gasteiger partial charge in [0.1, 0.15) is 0 Å². The summed E-state index contributed by atoms with van der Waals surface area (Å²) in [5.74, 6) is -0.0442. The van der Waals surface area contributed by atoms with Gasteiger partial charge in [0.15, 0.2) is 0 Å². The van der Waals surface area contributed by atoms with Crippen molar-refractivity contribution < 1.29 is 9.53 Å². The third kappa shape index (κ3) is 3.46. The summed E-state index contributed by atoms with van der Waals surface area (Å²) in [6.45, 7) is 1.74. The van der Waals surface area contributed by atoms with Crippen LogP contribution in [-0.2, 0) is 11.3 Å². The molecular weight excluding hydrogens is 424 g/mol. The summed E-state index contributed by atoms with van der Waals surface area (Å²) in [5.41, 5.74) is 4.17. The van der Waals surface area contributed by atoms with E-state index in [-0.39, 0.29) is 17.5 Å². The summed E-state index contributed by atoms with van der Waals surface area (Å²) in [7, 11) is 1.68. The fraction of sp³-hybridized carbons (Fsp3) is 0.308. The smallest absolute Gasteiger partial charge is 0.259 e. The highest BCUT2D eigenvalue weighted by atomic mass is 35.5. The summed E-state index contributed by atoms with van der Waals surface area (Å²) >= 11 is 6.58. The number of methoxy groups -OCH3 is 1. The van der Waals surface area contributed by atoms with Gasteiger partial charge < -0.3 is 14.2 Å². The largest absolute Gasteiger partial charge is 0.385 e. The maximum absolute atomic E-state index is 13.9. The zero-order valence-electron chi connectivity index (χ0n) is 18.0. The number of ether oxygens (including phenoxy) is 1. The molecule has 3 aromatic rings. The molecule has 3 heterocycles. The highest BCUT2D eigenvalue weighted by molar-refractivity contribution is 6.33. The number of amides is 1. The molecule has 1 saturated heterocycles. The van der Waals surface area contributed by atoms with Gasteiger partial charge in [-0.15, -0.1) is 0 Å². The van der Waals surface area contributed by atoms with Gasteiger partial charge in [0, 0.05) is 37.4 Å². The number of fused-ring (bicyclic) bond motifs is 3. The molecule has 0 N–H and O–H groups in total. The minimum Gasteiger partial charge on any atom is -0.385 e. The number of carbonyl (C=O) groups excluding carboxylic acids is 1. The molecule has 2 aromatic carbocycles. The monoisotopic (exact) mass is 448 g/mol. The number of benzene rings is 2. The van der Waals surface area contributed by atoms with Crippen LogP contribution in [-0.4, -0.2) is 41.7 Å². The molecule has 5 nitrogen and oxygen atoms in total. The van der Waals surface area contributed by atoms with Gasteiger partial charge in [-0.1, -0.05) is 54.1 Å². The van der Waals surface area contributed by atoms with Crippen molar-refractivity contribution in [2.45, 2.75) is 31.8 Å². The normalized spacial score (nSPS) is 16.8. The Balaban J connectivity index is 1.70. The highest BCUT2D eigenvalue weighted by Gasteiger charge is 2.35. The molecule has 1 atom stereocenters. The summed E-state index contributed by atoms with van der Waals surface area (Å²) in [6, 6.07) is 17.1. The Bertz CT molecular complexity index is 1240. The van der Waals surface area contributed by atoms with Crippen molar-refractivity contribution >= 4 is 17.5 Å². The second-order valence-electron chi connectivity index (χ2n) is 8.43. The minimum absolute atomic E-state index is 0.0442. The minimum atomic E-state index is -0.104. The Labute approximate surface area is 192 Å². The lowest BCUT2D eigenvalue weighted by Crippen LogP contribution is -2.37. The van der Waals surface area contributed by atoms with Crippen LogP contribution in [0.5, 0.6) is 0 Å². The van der Waals surface area contributed by atoms with Crippen LogP contribution in [0.15, 0.2) is 59.4 Å². The number of rotatable bonds is 5. The van der Waals surface area contributed by atoms with E-state index < -0.39 is 0 Å². The molecule has 164 valence electrons. The molecule has 0 saturated carbocycles. The summed E-state index contributed by atoms with van der Waals surface area (Å²) < 4.78 is 6.98. The predicted molar refractivity (Wildman–Crippen MR) is 126 cm³/mol. The maximum atomic E-state index is 13.9. The second kappa shape index (κ2) is 8.57. The second-order valence-corrected chi connectivity index (χ2v) is 8.83. The number of hydrogen-bond acceptors (Lipinski definition) is 3. The average molecular weight is 449 g/mol. The number of carbonyl (C=O) groups is 1. The van der Waals surface area contributed by atoms with Crippen LogP contribution in [0.4, 0.5) is 0 Å². The van der Waals surface area contributed by atoms with E-state index >= 15 is 0 Å². The van der Waals surface area contributed by atoms with Gasteiger partial charge in [0.2, 0.25) is 0 Å². The number of aromatic nitrogens is 1. The molecule has 32 heavy (non-hydrogen) atoms. The number of likely N-dealkylation sites (tertiary alicyclic amines) is 1. The molecule has 0 bridgehead atoms. The van der Waals surface area contributed by atoms with Crippen molar-refractivity contribution in [1.82, 2.24) is 9.47 Å². The fourth-order valence-electron chi connectivity index (χ4n) is 5.02. The van der Waals surface area contributed by atoms with Crippen LogP contribution >= 0.6 is 11.6 Å². The zero-order valence-corrected chi connectivity index (χ0v) is 18.8. The lowest BCUT2D eigenvalue weighted by Gasteiger charge is -2.26. The Kier molecular flexibility index (Phi) is 5.62. The third-order valence-electron chi connectivity index (χ3n) is 6.56. The van der Waals surface area contributed by atoms with Crippen LogP contribution < -0.4 is 5.56 Å². The van der Waals surface area contributed by atoms with E-state index in [2.05, 4.69) is 0 Å². The Hall–Kier alpha value is -2.89. The Morgan fingerprint density at radius 1 is 1.16 bits per heavy atom. The van der Waals surface area contributed by atoms with Crippen LogP contribution in [0.25, 0.3) is 22.4 Å². The molecule has 6 heteroatoms. The van der Waals surface area contributed by atoms with Gasteiger partial charge in [-0.05, 0) is 42.5 Å². The van der Waals surface area contributed by atoms with Gasteiger partial charge in [-0.3, -0.25) is 9.59 Å². The van der Waals surface area contributed by atoms with Crippen LogP contribution in [0.3, 0.4) is 0 Å². The van der Waals surface area contributed by atoms with Crippen LogP contribution in [0.2, 0.25) is 5.02 Å². The van der Waals surface area contributed by atoms with E-state index in [1.54, 1.807) is 17.7 Å². The average Bonchev–Trinajstić information content (AvgIpc) is 3.44. The van der Waals surface area contributed by atoms with Gasteiger partial charge in [0.25, 0.3) is 11.5 Å².